The molecule has 0 heterocycles. The average Bonchev–Trinajstić information content (AvgIpc) is 2.42. The molecule has 0 saturated carbocycles. The first-order chi connectivity index (χ1) is 10.2. The second-order valence-corrected chi connectivity index (χ2v) is 7.53. The number of benzene rings is 2. The lowest BCUT2D eigenvalue weighted by molar-refractivity contribution is 0.102. The standard InChI is InChI=1S/C15H15BrN2O3S/c1-10-9-11(3-8-14(10)18-22(2,20)21)15(19)17-13-6-4-12(16)5-7-13/h3-9,18H,1-2H3,(H,17,19). The van der Waals surface area contributed by atoms with Gasteiger partial charge in [0.15, 0.2) is 0 Å². The van der Waals surface area contributed by atoms with Crippen molar-refractivity contribution >= 4 is 43.2 Å². The maximum Gasteiger partial charge on any atom is 0.255 e. The van der Waals surface area contributed by atoms with E-state index in [1.54, 1.807) is 37.3 Å². The molecule has 0 saturated heterocycles. The van der Waals surface area contributed by atoms with Crippen LogP contribution in [0.1, 0.15) is 15.9 Å². The summed E-state index contributed by atoms with van der Waals surface area (Å²) in [6.45, 7) is 1.74. The first-order valence-electron chi connectivity index (χ1n) is 6.40. The van der Waals surface area contributed by atoms with E-state index >= 15 is 0 Å². The summed E-state index contributed by atoms with van der Waals surface area (Å²) in [6.07, 6.45) is 1.08. The molecule has 0 unspecified atom stereocenters. The van der Waals surface area contributed by atoms with Gasteiger partial charge in [0.05, 0.1) is 11.9 Å². The number of halogens is 1. The van der Waals surface area contributed by atoms with Crippen molar-refractivity contribution in [3.05, 3.63) is 58.1 Å². The van der Waals surface area contributed by atoms with Crippen LogP contribution in [0.25, 0.3) is 0 Å². The van der Waals surface area contributed by atoms with Gasteiger partial charge in [0.25, 0.3) is 5.91 Å². The van der Waals surface area contributed by atoms with Crippen LogP contribution in [0.15, 0.2) is 46.9 Å². The quantitative estimate of drug-likeness (QED) is 0.850. The molecule has 5 nitrogen and oxygen atoms in total. The molecule has 0 fully saturated rings. The summed E-state index contributed by atoms with van der Waals surface area (Å²) in [5, 5.41) is 2.78. The SMILES string of the molecule is Cc1cc(C(=O)Nc2ccc(Br)cc2)ccc1NS(C)(=O)=O. The van der Waals surface area contributed by atoms with Crippen LogP contribution in [-0.4, -0.2) is 20.6 Å². The fraction of sp³-hybridized carbons (Fsp3) is 0.133. The lowest BCUT2D eigenvalue weighted by atomic mass is 10.1. The van der Waals surface area contributed by atoms with Gasteiger partial charge in [-0.3, -0.25) is 9.52 Å². The minimum atomic E-state index is -3.34. The van der Waals surface area contributed by atoms with E-state index in [-0.39, 0.29) is 5.91 Å². The summed E-state index contributed by atoms with van der Waals surface area (Å²) in [4.78, 5) is 12.2. The molecule has 2 N–H and O–H groups in total. The molecule has 0 spiro atoms. The first-order valence-corrected chi connectivity index (χ1v) is 9.08. The number of hydrogen-bond acceptors (Lipinski definition) is 3. The highest BCUT2D eigenvalue weighted by Crippen LogP contribution is 2.19. The Morgan fingerprint density at radius 3 is 2.27 bits per heavy atom. The van der Waals surface area contributed by atoms with Crippen LogP contribution in [0.5, 0.6) is 0 Å². The zero-order valence-electron chi connectivity index (χ0n) is 12.1. The van der Waals surface area contributed by atoms with E-state index in [9.17, 15) is 13.2 Å². The van der Waals surface area contributed by atoms with Crippen molar-refractivity contribution in [2.75, 3.05) is 16.3 Å². The fourth-order valence-corrected chi connectivity index (χ4v) is 2.75. The molecule has 1 amide bonds. The van der Waals surface area contributed by atoms with Gasteiger partial charge in [0, 0.05) is 15.7 Å². The van der Waals surface area contributed by atoms with Crippen LogP contribution in [0, 0.1) is 6.92 Å². The van der Waals surface area contributed by atoms with E-state index in [4.69, 9.17) is 0 Å². The number of anilines is 2. The highest BCUT2D eigenvalue weighted by atomic mass is 79.9. The lowest BCUT2D eigenvalue weighted by Crippen LogP contribution is -2.14. The predicted octanol–water partition coefficient (Wildman–Crippen LogP) is 3.38. The maximum absolute atomic E-state index is 12.2. The number of sulfonamides is 1. The number of amides is 1. The summed E-state index contributed by atoms with van der Waals surface area (Å²) in [5.74, 6) is -0.253. The van der Waals surface area contributed by atoms with Crippen molar-refractivity contribution < 1.29 is 13.2 Å². The van der Waals surface area contributed by atoms with Crippen LogP contribution >= 0.6 is 15.9 Å². The molecule has 2 rings (SSSR count). The van der Waals surface area contributed by atoms with Crippen molar-refractivity contribution in [3.63, 3.8) is 0 Å². The number of nitrogens with one attached hydrogen (secondary N) is 2. The molecular weight excluding hydrogens is 368 g/mol. The molecule has 7 heteroatoms. The Morgan fingerprint density at radius 2 is 1.73 bits per heavy atom. The van der Waals surface area contributed by atoms with Crippen LogP contribution in [0.2, 0.25) is 0 Å². The van der Waals surface area contributed by atoms with Crippen molar-refractivity contribution in [1.29, 1.82) is 0 Å². The topological polar surface area (TPSA) is 75.3 Å². The average molecular weight is 383 g/mol. The normalized spacial score (nSPS) is 11.0. The van der Waals surface area contributed by atoms with E-state index in [1.165, 1.54) is 0 Å². The molecular formula is C15H15BrN2O3S. The van der Waals surface area contributed by atoms with Crippen LogP contribution in [0.4, 0.5) is 11.4 Å². The zero-order valence-corrected chi connectivity index (χ0v) is 14.5. The molecule has 0 aliphatic heterocycles. The Bertz CT molecular complexity index is 802. The van der Waals surface area contributed by atoms with E-state index in [2.05, 4.69) is 26.0 Å². The number of carbonyl (C=O) groups is 1. The molecule has 22 heavy (non-hydrogen) atoms. The van der Waals surface area contributed by atoms with Gasteiger partial charge >= 0.3 is 0 Å². The summed E-state index contributed by atoms with van der Waals surface area (Å²) >= 11 is 3.33. The van der Waals surface area contributed by atoms with Crippen molar-refractivity contribution in [2.24, 2.45) is 0 Å². The van der Waals surface area contributed by atoms with Crippen molar-refractivity contribution in [2.45, 2.75) is 6.92 Å². The summed E-state index contributed by atoms with van der Waals surface area (Å²) in [5.41, 5.74) is 2.28. The van der Waals surface area contributed by atoms with Gasteiger partial charge in [0.1, 0.15) is 0 Å². The molecule has 116 valence electrons. The van der Waals surface area contributed by atoms with Gasteiger partial charge in [-0.1, -0.05) is 15.9 Å². The molecule has 2 aromatic rings. The molecule has 0 aliphatic rings. The van der Waals surface area contributed by atoms with E-state index < -0.39 is 10.0 Å². The molecule has 0 aromatic heterocycles. The van der Waals surface area contributed by atoms with E-state index in [0.717, 1.165) is 10.7 Å². The number of aryl methyl sites for hydroxylation is 1. The Kier molecular flexibility index (Phi) is 4.87. The smallest absolute Gasteiger partial charge is 0.255 e. The van der Waals surface area contributed by atoms with Crippen LogP contribution < -0.4 is 10.0 Å². The summed E-state index contributed by atoms with van der Waals surface area (Å²) in [6, 6.07) is 12.0. The predicted molar refractivity (Wildman–Crippen MR) is 91.7 cm³/mol. The highest BCUT2D eigenvalue weighted by molar-refractivity contribution is 9.10. The minimum absolute atomic E-state index is 0.253. The Balaban J connectivity index is 2.17. The second kappa shape index (κ2) is 6.50. The number of rotatable bonds is 4. The molecule has 2 aromatic carbocycles. The number of hydrogen-bond donors (Lipinski definition) is 2. The van der Waals surface area contributed by atoms with Crippen LogP contribution in [0.3, 0.4) is 0 Å². The summed E-state index contributed by atoms with van der Waals surface area (Å²) in [7, 11) is -3.34. The van der Waals surface area contributed by atoms with Gasteiger partial charge in [-0.25, -0.2) is 8.42 Å². The molecule has 0 atom stereocenters. The monoisotopic (exact) mass is 382 g/mol. The van der Waals surface area contributed by atoms with E-state index in [0.29, 0.717) is 22.5 Å². The van der Waals surface area contributed by atoms with Gasteiger partial charge in [-0.15, -0.1) is 0 Å². The molecule has 0 bridgehead atoms. The van der Waals surface area contributed by atoms with Crippen LogP contribution in [-0.2, 0) is 10.0 Å². The van der Waals surface area contributed by atoms with Gasteiger partial charge in [0.2, 0.25) is 10.0 Å². The Hall–Kier alpha value is -1.86. The third kappa shape index (κ3) is 4.57. The van der Waals surface area contributed by atoms with Crippen molar-refractivity contribution in [1.82, 2.24) is 0 Å². The Labute approximate surface area is 137 Å². The maximum atomic E-state index is 12.2. The van der Waals surface area contributed by atoms with Gasteiger partial charge in [-0.05, 0) is 55.0 Å². The van der Waals surface area contributed by atoms with E-state index in [1.807, 2.05) is 12.1 Å². The van der Waals surface area contributed by atoms with Gasteiger partial charge in [-0.2, -0.15) is 0 Å². The minimum Gasteiger partial charge on any atom is -0.322 e. The highest BCUT2D eigenvalue weighted by Gasteiger charge is 2.10. The lowest BCUT2D eigenvalue weighted by Gasteiger charge is -2.10. The van der Waals surface area contributed by atoms with Crippen molar-refractivity contribution in [3.8, 4) is 0 Å². The second-order valence-electron chi connectivity index (χ2n) is 4.86. The third-order valence-corrected chi connectivity index (χ3v) is 4.01. The largest absolute Gasteiger partial charge is 0.322 e. The third-order valence-electron chi connectivity index (χ3n) is 2.89. The first kappa shape index (κ1) is 16.5. The molecule has 0 radical (unpaired) electrons. The summed E-state index contributed by atoms with van der Waals surface area (Å²) < 4.78 is 25.8. The van der Waals surface area contributed by atoms with Gasteiger partial charge < -0.3 is 5.32 Å². The molecule has 0 aliphatic carbocycles. The Morgan fingerprint density at radius 1 is 1.09 bits per heavy atom. The number of carbonyl (C=O) groups excluding carboxylic acids is 1. The fourth-order valence-electron chi connectivity index (χ4n) is 1.86. The zero-order chi connectivity index (χ0) is 16.3.